The molecule has 40 heavy (non-hydrogen) atoms. The molecule has 0 N–H and O–H groups in total. The van der Waals surface area contributed by atoms with Crippen LogP contribution in [0.5, 0.6) is 28.7 Å². The number of fused-ring (bicyclic) bond motifs is 3. The smallest absolute Gasteiger partial charge is 0.433 e. The molecule has 3 aromatic rings. The van der Waals surface area contributed by atoms with Gasteiger partial charge in [-0.05, 0) is 41.5 Å². The van der Waals surface area contributed by atoms with Crippen LogP contribution in [0.25, 0.3) is 0 Å². The summed E-state index contributed by atoms with van der Waals surface area (Å²) in [6.45, 7) is -0.0168. The molecule has 0 spiro atoms. The average molecular weight is 553 g/mol. The summed E-state index contributed by atoms with van der Waals surface area (Å²) in [6.07, 6.45) is -0.962. The lowest BCUT2D eigenvalue weighted by Crippen LogP contribution is -2.36. The molecule has 13 heteroatoms. The van der Waals surface area contributed by atoms with E-state index in [9.17, 15) is 19.7 Å². The van der Waals surface area contributed by atoms with Gasteiger partial charge in [0.15, 0.2) is 23.0 Å². The summed E-state index contributed by atoms with van der Waals surface area (Å²) in [4.78, 5) is 36.6. The normalized spacial score (nSPS) is 22.1. The van der Waals surface area contributed by atoms with Crippen LogP contribution in [0.15, 0.2) is 40.8 Å². The van der Waals surface area contributed by atoms with E-state index in [0.29, 0.717) is 45.4 Å². The second-order valence-electron chi connectivity index (χ2n) is 9.31. The second kappa shape index (κ2) is 9.67. The van der Waals surface area contributed by atoms with E-state index >= 15 is 0 Å². The number of esters is 2. The highest BCUT2D eigenvalue weighted by atomic mass is 16.7. The van der Waals surface area contributed by atoms with Gasteiger partial charge < -0.3 is 37.6 Å². The van der Waals surface area contributed by atoms with Crippen molar-refractivity contribution in [1.82, 2.24) is 0 Å². The van der Waals surface area contributed by atoms with E-state index in [-0.39, 0.29) is 19.2 Å². The number of nitrogens with zero attached hydrogens (tertiary/aromatic N) is 1. The van der Waals surface area contributed by atoms with E-state index in [1.807, 2.05) is 0 Å². The minimum atomic E-state index is -0.962. The van der Waals surface area contributed by atoms with E-state index < -0.39 is 46.6 Å². The Hall–Kier alpha value is -4.94. The molecule has 0 bridgehead atoms. The minimum Gasteiger partial charge on any atom is -0.493 e. The number of ether oxygens (including phenoxy) is 7. The first kappa shape index (κ1) is 25.3. The lowest BCUT2D eigenvalue weighted by molar-refractivity contribution is -0.402. The zero-order valence-corrected chi connectivity index (χ0v) is 21.5. The van der Waals surface area contributed by atoms with Crippen molar-refractivity contribution < 1.29 is 52.1 Å². The van der Waals surface area contributed by atoms with Gasteiger partial charge in [0.05, 0.1) is 39.9 Å². The largest absolute Gasteiger partial charge is 0.493 e. The van der Waals surface area contributed by atoms with Crippen molar-refractivity contribution in [2.75, 3.05) is 34.7 Å². The van der Waals surface area contributed by atoms with Crippen LogP contribution in [0.4, 0.5) is 5.88 Å². The summed E-state index contributed by atoms with van der Waals surface area (Å²) in [7, 11) is 4.48. The van der Waals surface area contributed by atoms with Gasteiger partial charge in [-0.25, -0.2) is 4.79 Å². The van der Waals surface area contributed by atoms with Crippen LogP contribution < -0.4 is 23.7 Å². The molecular formula is C27H23NO12. The molecule has 208 valence electrons. The van der Waals surface area contributed by atoms with Crippen molar-refractivity contribution >= 4 is 17.8 Å². The van der Waals surface area contributed by atoms with Crippen LogP contribution in [-0.2, 0) is 14.3 Å². The quantitative estimate of drug-likeness (QED) is 0.237. The Balaban J connectivity index is 1.50. The summed E-state index contributed by atoms with van der Waals surface area (Å²) >= 11 is 0. The molecule has 1 aromatic heterocycles. The molecule has 3 aliphatic rings. The van der Waals surface area contributed by atoms with Crippen LogP contribution in [-0.4, -0.2) is 51.6 Å². The van der Waals surface area contributed by atoms with E-state index in [4.69, 9.17) is 37.6 Å². The highest BCUT2D eigenvalue weighted by Gasteiger charge is 2.54. The number of carbonyl (C=O) groups excluding carboxylic acids is 2. The fourth-order valence-electron chi connectivity index (χ4n) is 5.65. The number of rotatable bonds is 7. The van der Waals surface area contributed by atoms with Gasteiger partial charge in [-0.3, -0.25) is 14.9 Å². The van der Waals surface area contributed by atoms with Gasteiger partial charge in [0.2, 0.25) is 18.3 Å². The topological polar surface area (TPSA) is 155 Å². The first-order valence-corrected chi connectivity index (χ1v) is 12.2. The van der Waals surface area contributed by atoms with E-state index in [2.05, 4.69) is 0 Å². The number of cyclic esters (lactones) is 1. The van der Waals surface area contributed by atoms with E-state index in [1.165, 1.54) is 21.3 Å². The molecule has 0 saturated carbocycles. The maximum atomic E-state index is 13.2. The third-order valence-corrected chi connectivity index (χ3v) is 7.37. The Labute approximate surface area is 226 Å². The standard InChI is InChI=1S/C27H23NO12/c1-33-19-6-12(7-20(34-2)25(19)35-3)22-13-8-17-18(38-11-37-17)9-14(13)24(15-10-36-27(30)23(15)22)40-26(29)16-4-5-21(39-16)28(31)32/h4-9,15,22-24H,10-11H2,1-3H3. The van der Waals surface area contributed by atoms with Gasteiger partial charge in [0.1, 0.15) is 11.0 Å². The second-order valence-corrected chi connectivity index (χ2v) is 9.31. The molecule has 13 nitrogen and oxygen atoms in total. The van der Waals surface area contributed by atoms with Crippen molar-refractivity contribution in [3.63, 3.8) is 0 Å². The number of hydrogen-bond donors (Lipinski definition) is 0. The van der Waals surface area contributed by atoms with Gasteiger partial charge in [-0.1, -0.05) is 0 Å². The van der Waals surface area contributed by atoms with E-state index in [1.54, 1.807) is 24.3 Å². The molecule has 0 amide bonds. The Kier molecular flexibility index (Phi) is 6.12. The van der Waals surface area contributed by atoms with Gasteiger partial charge in [-0.15, -0.1) is 0 Å². The number of nitro groups is 1. The molecule has 2 aromatic carbocycles. The van der Waals surface area contributed by atoms with Crippen LogP contribution >= 0.6 is 0 Å². The predicted octanol–water partition coefficient (Wildman–Crippen LogP) is 3.78. The summed E-state index contributed by atoms with van der Waals surface area (Å²) in [5, 5.41) is 11.0. The van der Waals surface area contributed by atoms with Crippen molar-refractivity contribution in [1.29, 1.82) is 0 Å². The summed E-state index contributed by atoms with van der Waals surface area (Å²) in [6, 6.07) is 9.22. The first-order valence-electron chi connectivity index (χ1n) is 12.2. The number of methoxy groups -OCH3 is 3. The summed E-state index contributed by atoms with van der Waals surface area (Å²) in [5.41, 5.74) is 1.88. The molecular weight excluding hydrogens is 530 g/mol. The molecule has 2 aliphatic heterocycles. The van der Waals surface area contributed by atoms with Gasteiger partial charge in [0, 0.05) is 17.4 Å². The number of hydrogen-bond acceptors (Lipinski definition) is 12. The average Bonchev–Trinajstić information content (AvgIpc) is 3.71. The monoisotopic (exact) mass is 553 g/mol. The van der Waals surface area contributed by atoms with Gasteiger partial charge >= 0.3 is 17.8 Å². The highest BCUT2D eigenvalue weighted by molar-refractivity contribution is 5.87. The fourth-order valence-corrected chi connectivity index (χ4v) is 5.65. The van der Waals surface area contributed by atoms with Crippen LogP contribution in [0.3, 0.4) is 0 Å². The number of carbonyl (C=O) groups is 2. The SMILES string of the molecule is COc1cc(C2c3cc4c(cc3C(OC(=O)c3ccc([N+](=O)[O-])o3)C3COC(=O)C23)OCO4)cc(OC)c1OC. The Morgan fingerprint density at radius 2 is 1.62 bits per heavy atom. The lowest BCUT2D eigenvalue weighted by Gasteiger charge is -2.38. The van der Waals surface area contributed by atoms with E-state index in [0.717, 1.165) is 12.1 Å². The molecule has 6 rings (SSSR count). The highest BCUT2D eigenvalue weighted by Crippen LogP contribution is 2.56. The van der Waals surface area contributed by atoms with Crippen molar-refractivity contribution in [3.05, 3.63) is 69.0 Å². The van der Waals surface area contributed by atoms with Crippen LogP contribution in [0.1, 0.15) is 39.3 Å². The Morgan fingerprint density at radius 1 is 0.950 bits per heavy atom. The number of furan rings is 1. The molecule has 1 saturated heterocycles. The molecule has 4 atom stereocenters. The van der Waals surface area contributed by atoms with Gasteiger partial charge in [0.25, 0.3) is 0 Å². The number of benzene rings is 2. The zero-order valence-electron chi connectivity index (χ0n) is 21.5. The molecule has 1 aliphatic carbocycles. The Bertz CT molecular complexity index is 1500. The lowest BCUT2D eigenvalue weighted by atomic mass is 9.66. The predicted molar refractivity (Wildman–Crippen MR) is 132 cm³/mol. The first-order chi connectivity index (χ1) is 19.3. The third kappa shape index (κ3) is 3.92. The minimum absolute atomic E-state index is 0.00247. The van der Waals surface area contributed by atoms with Crippen molar-refractivity contribution in [2.45, 2.75) is 12.0 Å². The van der Waals surface area contributed by atoms with Crippen molar-refractivity contribution in [2.24, 2.45) is 11.8 Å². The molecule has 0 radical (unpaired) electrons. The fraction of sp³-hybridized carbons (Fsp3) is 0.333. The third-order valence-electron chi connectivity index (χ3n) is 7.37. The molecule has 3 heterocycles. The summed E-state index contributed by atoms with van der Waals surface area (Å²) < 4.78 is 44.2. The van der Waals surface area contributed by atoms with Crippen molar-refractivity contribution in [3.8, 4) is 28.7 Å². The maximum Gasteiger partial charge on any atom is 0.433 e. The zero-order chi connectivity index (χ0) is 28.1. The van der Waals surface area contributed by atoms with Crippen LogP contribution in [0.2, 0.25) is 0 Å². The Morgan fingerprint density at radius 3 is 2.23 bits per heavy atom. The summed E-state index contributed by atoms with van der Waals surface area (Å²) in [5.74, 6) is -2.18. The maximum absolute atomic E-state index is 13.2. The van der Waals surface area contributed by atoms with Crippen LogP contribution in [0, 0.1) is 22.0 Å². The van der Waals surface area contributed by atoms with Gasteiger partial charge in [-0.2, -0.15) is 0 Å². The molecule has 1 fully saturated rings. The molecule has 4 unspecified atom stereocenters.